The van der Waals surface area contributed by atoms with E-state index in [4.69, 9.17) is 4.74 Å². The van der Waals surface area contributed by atoms with Crippen LogP contribution in [-0.2, 0) is 0 Å². The summed E-state index contributed by atoms with van der Waals surface area (Å²) in [7, 11) is 3.94. The number of nitrogens with one attached hydrogen (secondary N) is 1. The second-order valence-corrected chi connectivity index (χ2v) is 9.79. The van der Waals surface area contributed by atoms with Gasteiger partial charge < -0.3 is 24.8 Å². The number of nitrogens with zero attached hydrogens (tertiary/aromatic N) is 3. The van der Waals surface area contributed by atoms with E-state index in [1.165, 1.54) is 57.5 Å². The van der Waals surface area contributed by atoms with E-state index in [2.05, 4.69) is 46.1 Å². The Kier molecular flexibility index (Phi) is 8.46. The predicted octanol–water partition coefficient (Wildman–Crippen LogP) is 4.58. The van der Waals surface area contributed by atoms with E-state index in [0.717, 1.165) is 30.4 Å². The molecule has 6 heteroatoms. The fourth-order valence-corrected chi connectivity index (χ4v) is 5.41. The summed E-state index contributed by atoms with van der Waals surface area (Å²) in [5, 5.41) is 2.99. The van der Waals surface area contributed by atoms with Crippen LogP contribution in [0.15, 0.2) is 48.5 Å². The Morgan fingerprint density at radius 3 is 2.38 bits per heavy atom. The Labute approximate surface area is 204 Å². The lowest BCUT2D eigenvalue weighted by Crippen LogP contribution is -2.47. The number of hydrogen-bond donors (Lipinski definition) is 1. The second-order valence-electron chi connectivity index (χ2n) is 9.79. The number of carbonyl (C=O) groups is 1. The van der Waals surface area contributed by atoms with Crippen molar-refractivity contribution in [3.8, 4) is 5.75 Å². The highest BCUT2D eigenvalue weighted by atomic mass is 16.5. The van der Waals surface area contributed by atoms with Crippen LogP contribution < -0.4 is 15.0 Å². The number of carbonyl (C=O) groups excluding carboxylic acids is 1. The Morgan fingerprint density at radius 1 is 1.03 bits per heavy atom. The summed E-state index contributed by atoms with van der Waals surface area (Å²) in [6.07, 6.45) is 5.13. The molecule has 2 aromatic carbocycles. The van der Waals surface area contributed by atoms with Gasteiger partial charge in [0, 0.05) is 49.2 Å². The normalized spacial score (nSPS) is 19.9. The molecule has 2 saturated heterocycles. The molecule has 6 nitrogen and oxygen atoms in total. The number of piperidine rings is 2. The van der Waals surface area contributed by atoms with Crippen molar-refractivity contribution < 1.29 is 9.53 Å². The number of hydrogen-bond acceptors (Lipinski definition) is 5. The van der Waals surface area contributed by atoms with E-state index < -0.39 is 0 Å². The minimum absolute atomic E-state index is 0.112. The third kappa shape index (κ3) is 6.30. The maximum Gasteiger partial charge on any atom is 0.255 e. The SMILES string of the molecule is CCN1CCC[C@H](CN(C)C2CCN(c3ccc(NC(=O)c4ccc(OC)cc4)cc3)CC2)C1. The second kappa shape index (κ2) is 11.7. The molecule has 0 aromatic heterocycles. The van der Waals surface area contributed by atoms with Gasteiger partial charge in [0.2, 0.25) is 0 Å². The van der Waals surface area contributed by atoms with Crippen molar-refractivity contribution in [3.05, 3.63) is 54.1 Å². The van der Waals surface area contributed by atoms with Gasteiger partial charge in [0.25, 0.3) is 5.91 Å². The first-order valence-electron chi connectivity index (χ1n) is 12.8. The van der Waals surface area contributed by atoms with Gasteiger partial charge in [-0.05, 0) is 100 Å². The van der Waals surface area contributed by atoms with Crippen LogP contribution in [0.3, 0.4) is 0 Å². The summed E-state index contributed by atoms with van der Waals surface area (Å²) in [6.45, 7) is 9.40. The van der Waals surface area contributed by atoms with Crippen molar-refractivity contribution in [2.24, 2.45) is 5.92 Å². The molecule has 184 valence electrons. The minimum atomic E-state index is -0.112. The van der Waals surface area contributed by atoms with Crippen molar-refractivity contribution in [2.75, 3.05) is 63.6 Å². The van der Waals surface area contributed by atoms with Gasteiger partial charge in [0.1, 0.15) is 5.75 Å². The van der Waals surface area contributed by atoms with Gasteiger partial charge in [-0.2, -0.15) is 0 Å². The van der Waals surface area contributed by atoms with Gasteiger partial charge >= 0.3 is 0 Å². The van der Waals surface area contributed by atoms with Crippen molar-refractivity contribution in [2.45, 2.75) is 38.6 Å². The van der Waals surface area contributed by atoms with Gasteiger partial charge in [-0.3, -0.25) is 4.79 Å². The molecule has 1 N–H and O–H groups in total. The quantitative estimate of drug-likeness (QED) is 0.620. The first-order chi connectivity index (χ1) is 16.6. The molecule has 0 bridgehead atoms. The molecule has 2 aliphatic heterocycles. The van der Waals surface area contributed by atoms with Crippen molar-refractivity contribution in [3.63, 3.8) is 0 Å². The molecule has 34 heavy (non-hydrogen) atoms. The van der Waals surface area contributed by atoms with Crippen LogP contribution in [0.1, 0.15) is 43.0 Å². The molecule has 0 unspecified atom stereocenters. The standard InChI is InChI=1S/C28H40N4O2/c1-4-31-17-5-6-22(21-31)20-30(2)25-15-18-32(19-16-25)26-11-9-24(10-12-26)29-28(33)23-7-13-27(34-3)14-8-23/h7-14,22,25H,4-6,15-21H2,1-3H3,(H,29,33)/t22-/m1/s1. The van der Waals surface area contributed by atoms with Gasteiger partial charge in [-0.25, -0.2) is 0 Å². The highest BCUT2D eigenvalue weighted by Crippen LogP contribution is 2.25. The summed E-state index contributed by atoms with van der Waals surface area (Å²) < 4.78 is 5.16. The van der Waals surface area contributed by atoms with Gasteiger partial charge in [0.05, 0.1) is 7.11 Å². The van der Waals surface area contributed by atoms with Crippen molar-refractivity contribution in [1.82, 2.24) is 9.80 Å². The topological polar surface area (TPSA) is 48.0 Å². The lowest BCUT2D eigenvalue weighted by atomic mass is 9.95. The number of ether oxygens (including phenoxy) is 1. The summed E-state index contributed by atoms with van der Waals surface area (Å²) in [6, 6.07) is 16.1. The first kappa shape index (κ1) is 24.6. The molecule has 2 aliphatic rings. The van der Waals surface area contributed by atoms with E-state index in [-0.39, 0.29) is 5.91 Å². The average Bonchev–Trinajstić information content (AvgIpc) is 2.89. The summed E-state index contributed by atoms with van der Waals surface area (Å²) in [5.74, 6) is 1.45. The van der Waals surface area contributed by atoms with Crippen LogP contribution in [0.25, 0.3) is 0 Å². The maximum atomic E-state index is 12.5. The third-order valence-electron chi connectivity index (χ3n) is 7.53. The number of anilines is 2. The molecule has 2 heterocycles. The summed E-state index contributed by atoms with van der Waals surface area (Å²) >= 11 is 0. The Bertz CT molecular complexity index is 907. The van der Waals surface area contributed by atoms with E-state index in [0.29, 0.717) is 11.6 Å². The zero-order valence-corrected chi connectivity index (χ0v) is 21.0. The Balaban J connectivity index is 1.24. The molecule has 2 fully saturated rings. The molecule has 1 amide bonds. The monoisotopic (exact) mass is 464 g/mol. The van der Waals surface area contributed by atoms with Crippen molar-refractivity contribution >= 4 is 17.3 Å². The molecule has 0 spiro atoms. The number of methoxy groups -OCH3 is 1. The Hall–Kier alpha value is -2.57. The molecule has 4 rings (SSSR count). The first-order valence-corrected chi connectivity index (χ1v) is 12.8. The highest BCUT2D eigenvalue weighted by Gasteiger charge is 2.26. The molecule has 2 aromatic rings. The lowest BCUT2D eigenvalue weighted by Gasteiger charge is -2.40. The molecular formula is C28H40N4O2. The highest BCUT2D eigenvalue weighted by molar-refractivity contribution is 6.04. The number of rotatable bonds is 8. The lowest BCUT2D eigenvalue weighted by molar-refractivity contribution is 0.102. The van der Waals surface area contributed by atoms with Gasteiger partial charge in [0.15, 0.2) is 0 Å². The fraction of sp³-hybridized carbons (Fsp3) is 0.536. The zero-order chi connectivity index (χ0) is 23.9. The number of benzene rings is 2. The van der Waals surface area contributed by atoms with Crippen LogP contribution in [0.2, 0.25) is 0 Å². The van der Waals surface area contributed by atoms with E-state index in [1.54, 1.807) is 31.4 Å². The largest absolute Gasteiger partial charge is 0.497 e. The van der Waals surface area contributed by atoms with E-state index in [1.807, 2.05) is 12.1 Å². The van der Waals surface area contributed by atoms with Crippen LogP contribution in [0, 0.1) is 5.92 Å². The smallest absolute Gasteiger partial charge is 0.255 e. The minimum Gasteiger partial charge on any atom is -0.497 e. The Morgan fingerprint density at radius 2 is 1.74 bits per heavy atom. The maximum absolute atomic E-state index is 12.5. The number of amides is 1. The number of likely N-dealkylation sites (tertiary alicyclic amines) is 1. The van der Waals surface area contributed by atoms with Gasteiger partial charge in [-0.1, -0.05) is 6.92 Å². The zero-order valence-electron chi connectivity index (χ0n) is 21.0. The van der Waals surface area contributed by atoms with Crippen LogP contribution >= 0.6 is 0 Å². The van der Waals surface area contributed by atoms with Crippen LogP contribution in [0.4, 0.5) is 11.4 Å². The van der Waals surface area contributed by atoms with Crippen molar-refractivity contribution in [1.29, 1.82) is 0 Å². The third-order valence-corrected chi connectivity index (χ3v) is 7.53. The average molecular weight is 465 g/mol. The van der Waals surface area contributed by atoms with Crippen LogP contribution in [-0.4, -0.2) is 75.2 Å². The van der Waals surface area contributed by atoms with Crippen LogP contribution in [0.5, 0.6) is 5.75 Å². The fourth-order valence-electron chi connectivity index (χ4n) is 5.41. The van der Waals surface area contributed by atoms with Gasteiger partial charge in [-0.15, -0.1) is 0 Å². The molecule has 0 saturated carbocycles. The van der Waals surface area contributed by atoms with E-state index >= 15 is 0 Å². The summed E-state index contributed by atoms with van der Waals surface area (Å²) in [5.41, 5.74) is 2.66. The molecule has 1 atom stereocenters. The molecule has 0 aliphatic carbocycles. The summed E-state index contributed by atoms with van der Waals surface area (Å²) in [4.78, 5) is 20.2. The van der Waals surface area contributed by atoms with E-state index in [9.17, 15) is 4.79 Å². The molecule has 0 radical (unpaired) electrons. The molecular weight excluding hydrogens is 424 g/mol. The predicted molar refractivity (Wildman–Crippen MR) is 140 cm³/mol.